The second kappa shape index (κ2) is 7.30. The van der Waals surface area contributed by atoms with E-state index in [0.717, 1.165) is 4.70 Å². The van der Waals surface area contributed by atoms with Crippen LogP contribution in [0.4, 0.5) is 0 Å². The number of ether oxygens (including phenoxy) is 1. The van der Waals surface area contributed by atoms with Gasteiger partial charge in [-0.1, -0.05) is 11.6 Å². The third-order valence-electron chi connectivity index (χ3n) is 2.89. The summed E-state index contributed by atoms with van der Waals surface area (Å²) in [6.07, 6.45) is 0. The molecule has 0 atom stereocenters. The number of nitrogens with one attached hydrogen (secondary N) is 2. The Morgan fingerprint density at radius 2 is 2.00 bits per heavy atom. The summed E-state index contributed by atoms with van der Waals surface area (Å²) in [6.45, 7) is -0.835. The van der Waals surface area contributed by atoms with Crippen molar-refractivity contribution < 1.29 is 24.2 Å². The molecule has 1 aromatic carbocycles. The van der Waals surface area contributed by atoms with Gasteiger partial charge in [-0.25, -0.2) is 0 Å². The highest BCUT2D eigenvalue weighted by Crippen LogP contribution is 2.37. The minimum Gasteiger partial charge on any atom is -0.497 e. The number of amides is 2. The summed E-state index contributed by atoms with van der Waals surface area (Å²) < 4.78 is 5.93. The van der Waals surface area contributed by atoms with Crippen molar-refractivity contribution in [3.63, 3.8) is 0 Å². The van der Waals surface area contributed by atoms with Gasteiger partial charge in [0.1, 0.15) is 17.2 Å². The Labute approximate surface area is 140 Å². The maximum Gasteiger partial charge on any atom is 0.322 e. The molecule has 0 bridgehead atoms. The van der Waals surface area contributed by atoms with E-state index in [0.29, 0.717) is 11.1 Å². The van der Waals surface area contributed by atoms with E-state index in [1.54, 1.807) is 18.2 Å². The summed E-state index contributed by atoms with van der Waals surface area (Å²) in [7, 11) is 1.53. The van der Waals surface area contributed by atoms with E-state index in [-0.39, 0.29) is 16.4 Å². The second-order valence-electron chi connectivity index (χ2n) is 4.46. The molecule has 0 spiro atoms. The Morgan fingerprint density at radius 1 is 1.26 bits per heavy atom. The van der Waals surface area contributed by atoms with Gasteiger partial charge in [0.15, 0.2) is 0 Å². The van der Waals surface area contributed by atoms with Crippen LogP contribution in [0.15, 0.2) is 18.2 Å². The van der Waals surface area contributed by atoms with Crippen LogP contribution in [0.3, 0.4) is 0 Å². The van der Waals surface area contributed by atoms with Gasteiger partial charge in [-0.3, -0.25) is 14.4 Å². The zero-order valence-corrected chi connectivity index (χ0v) is 13.6. The van der Waals surface area contributed by atoms with E-state index in [1.807, 2.05) is 0 Å². The van der Waals surface area contributed by atoms with Crippen molar-refractivity contribution in [3.8, 4) is 5.75 Å². The zero-order chi connectivity index (χ0) is 17.0. The van der Waals surface area contributed by atoms with Crippen LogP contribution in [0, 0.1) is 0 Å². The summed E-state index contributed by atoms with van der Waals surface area (Å²) in [5.74, 6) is -1.64. The monoisotopic (exact) mass is 356 g/mol. The first-order valence-electron chi connectivity index (χ1n) is 6.45. The first-order valence-corrected chi connectivity index (χ1v) is 7.64. The lowest BCUT2D eigenvalue weighted by atomic mass is 10.2. The van der Waals surface area contributed by atoms with Crippen LogP contribution in [-0.4, -0.2) is 43.1 Å². The highest BCUT2D eigenvalue weighted by molar-refractivity contribution is 7.21. The molecule has 1 heterocycles. The number of fused-ring (bicyclic) bond motifs is 1. The van der Waals surface area contributed by atoms with Gasteiger partial charge in [-0.15, -0.1) is 11.3 Å². The molecule has 0 fully saturated rings. The molecule has 9 heteroatoms. The topological polar surface area (TPSA) is 105 Å². The summed E-state index contributed by atoms with van der Waals surface area (Å²) in [6, 6.07) is 5.28. The standard InChI is InChI=1S/C14H13ClN2O5S/c1-22-7-2-3-9-8(4-7)12(15)13(23-9)14(21)17-5-10(18)16-6-11(19)20/h2-4H,5-6H2,1H3,(H,16,18)(H,17,21)(H,19,20). The molecule has 1 aromatic heterocycles. The molecule has 2 rings (SSSR count). The smallest absolute Gasteiger partial charge is 0.322 e. The minimum absolute atomic E-state index is 0.279. The first kappa shape index (κ1) is 17.0. The average Bonchev–Trinajstić information content (AvgIpc) is 2.87. The molecule has 2 amide bonds. The van der Waals surface area contributed by atoms with Gasteiger partial charge in [-0.05, 0) is 18.2 Å². The fourth-order valence-electron chi connectivity index (χ4n) is 1.80. The Balaban J connectivity index is 2.07. The van der Waals surface area contributed by atoms with E-state index >= 15 is 0 Å². The van der Waals surface area contributed by atoms with Gasteiger partial charge >= 0.3 is 5.97 Å². The lowest BCUT2D eigenvalue weighted by Crippen LogP contribution is -2.38. The molecule has 0 unspecified atom stereocenters. The van der Waals surface area contributed by atoms with E-state index in [9.17, 15) is 14.4 Å². The number of hydrogen-bond donors (Lipinski definition) is 3. The molecule has 0 aliphatic heterocycles. The van der Waals surface area contributed by atoms with E-state index in [4.69, 9.17) is 21.4 Å². The zero-order valence-electron chi connectivity index (χ0n) is 12.0. The maximum atomic E-state index is 12.1. The van der Waals surface area contributed by atoms with Crippen molar-refractivity contribution in [1.29, 1.82) is 0 Å². The highest BCUT2D eigenvalue weighted by Gasteiger charge is 2.18. The van der Waals surface area contributed by atoms with Crippen molar-refractivity contribution in [1.82, 2.24) is 10.6 Å². The SMILES string of the molecule is COc1ccc2sc(C(=O)NCC(=O)NCC(=O)O)c(Cl)c2c1. The lowest BCUT2D eigenvalue weighted by molar-refractivity contribution is -0.137. The third kappa shape index (κ3) is 4.11. The molecule has 0 saturated heterocycles. The van der Waals surface area contributed by atoms with Gasteiger partial charge in [0.05, 0.1) is 18.7 Å². The highest BCUT2D eigenvalue weighted by atomic mass is 35.5. The van der Waals surface area contributed by atoms with E-state index in [2.05, 4.69) is 10.6 Å². The second-order valence-corrected chi connectivity index (χ2v) is 5.89. The molecule has 23 heavy (non-hydrogen) atoms. The van der Waals surface area contributed by atoms with Crippen LogP contribution in [0.25, 0.3) is 10.1 Å². The molecule has 3 N–H and O–H groups in total. The summed E-state index contributed by atoms with van der Waals surface area (Å²) in [5, 5.41) is 14.0. The Morgan fingerprint density at radius 3 is 2.65 bits per heavy atom. The first-order chi connectivity index (χ1) is 10.9. The minimum atomic E-state index is -1.16. The number of halogens is 1. The molecular weight excluding hydrogens is 344 g/mol. The Kier molecular flexibility index (Phi) is 5.41. The van der Waals surface area contributed by atoms with Gasteiger partial charge in [0, 0.05) is 10.1 Å². The molecular formula is C14H13ClN2O5S. The third-order valence-corrected chi connectivity index (χ3v) is 4.56. The van der Waals surface area contributed by atoms with Gasteiger partial charge in [-0.2, -0.15) is 0 Å². The van der Waals surface area contributed by atoms with Crippen molar-refractivity contribution in [2.45, 2.75) is 0 Å². The van der Waals surface area contributed by atoms with Crippen molar-refractivity contribution in [3.05, 3.63) is 28.1 Å². The molecule has 0 radical (unpaired) electrons. The van der Waals surface area contributed by atoms with Crippen LogP contribution in [-0.2, 0) is 9.59 Å². The predicted molar refractivity (Wildman–Crippen MR) is 86.4 cm³/mol. The number of hydrogen-bond acceptors (Lipinski definition) is 5. The number of rotatable bonds is 6. The molecule has 7 nitrogen and oxygen atoms in total. The number of carbonyl (C=O) groups is 3. The molecule has 122 valence electrons. The van der Waals surface area contributed by atoms with Gasteiger partial charge in [0.25, 0.3) is 5.91 Å². The Hall–Kier alpha value is -2.32. The van der Waals surface area contributed by atoms with E-state index < -0.39 is 24.3 Å². The fourth-order valence-corrected chi connectivity index (χ4v) is 3.20. The molecule has 0 aliphatic carbocycles. The Bertz CT molecular complexity index is 774. The number of methoxy groups -OCH3 is 1. The maximum absolute atomic E-state index is 12.1. The van der Waals surface area contributed by atoms with E-state index in [1.165, 1.54) is 18.4 Å². The van der Waals surface area contributed by atoms with Crippen molar-refractivity contribution in [2.75, 3.05) is 20.2 Å². The van der Waals surface area contributed by atoms with Gasteiger partial charge in [0.2, 0.25) is 5.91 Å². The fraction of sp³-hybridized carbons (Fsp3) is 0.214. The lowest BCUT2D eigenvalue weighted by Gasteiger charge is -2.04. The number of carboxylic acids is 1. The molecule has 2 aromatic rings. The predicted octanol–water partition coefficient (Wildman–Crippen LogP) is 1.49. The van der Waals surface area contributed by atoms with Crippen LogP contribution < -0.4 is 15.4 Å². The number of carbonyl (C=O) groups excluding carboxylic acids is 2. The number of benzene rings is 1. The number of thiophene rings is 1. The largest absolute Gasteiger partial charge is 0.497 e. The van der Waals surface area contributed by atoms with Crippen molar-refractivity contribution >= 4 is 50.8 Å². The van der Waals surface area contributed by atoms with Crippen LogP contribution in [0.1, 0.15) is 9.67 Å². The molecule has 0 aliphatic rings. The quantitative estimate of drug-likeness (QED) is 0.727. The van der Waals surface area contributed by atoms with Crippen LogP contribution in [0.5, 0.6) is 5.75 Å². The summed E-state index contributed by atoms with van der Waals surface area (Å²) >= 11 is 7.41. The van der Waals surface area contributed by atoms with Crippen LogP contribution in [0.2, 0.25) is 5.02 Å². The normalized spacial score (nSPS) is 10.3. The summed E-state index contributed by atoms with van der Waals surface area (Å²) in [4.78, 5) is 34.1. The van der Waals surface area contributed by atoms with Crippen LogP contribution >= 0.6 is 22.9 Å². The van der Waals surface area contributed by atoms with Crippen molar-refractivity contribution in [2.24, 2.45) is 0 Å². The number of aliphatic carboxylic acids is 1. The van der Waals surface area contributed by atoms with Gasteiger partial charge < -0.3 is 20.5 Å². The summed E-state index contributed by atoms with van der Waals surface area (Å²) in [5.41, 5.74) is 0. The average molecular weight is 357 g/mol. The number of carboxylic acid groups (broad SMARTS) is 1. The molecule has 0 saturated carbocycles.